The number of hydrogen-bond acceptors (Lipinski definition) is 3. The average molecular weight is 351 g/mol. The normalized spacial score (nSPS) is 10.3. The zero-order valence-electron chi connectivity index (χ0n) is 12.9. The van der Waals surface area contributed by atoms with Crippen molar-refractivity contribution in [3.05, 3.63) is 64.4 Å². The summed E-state index contributed by atoms with van der Waals surface area (Å²) in [5.74, 6) is -2.52. The first kappa shape index (κ1) is 17.9. The summed E-state index contributed by atoms with van der Waals surface area (Å²) in [5, 5.41) is 4.87. The molecule has 0 radical (unpaired) electrons. The van der Waals surface area contributed by atoms with Gasteiger partial charge in [0.15, 0.2) is 0 Å². The van der Waals surface area contributed by atoms with Crippen molar-refractivity contribution in [1.29, 1.82) is 0 Å². The minimum absolute atomic E-state index is 0.108. The van der Waals surface area contributed by atoms with Gasteiger partial charge in [0.2, 0.25) is 0 Å². The molecule has 0 unspecified atom stereocenters. The number of ether oxygens (including phenoxy) is 1. The van der Waals surface area contributed by atoms with Gasteiger partial charge in [-0.1, -0.05) is 35.9 Å². The number of methoxy groups -OCH3 is 1. The largest absolute Gasteiger partial charge is 0.380 e. The van der Waals surface area contributed by atoms with Crippen molar-refractivity contribution in [2.75, 3.05) is 12.4 Å². The third-order valence-electron chi connectivity index (χ3n) is 3.17. The third-order valence-corrected chi connectivity index (χ3v) is 3.41. The van der Waals surface area contributed by atoms with Gasteiger partial charge in [-0.2, -0.15) is 0 Å². The minimum Gasteiger partial charge on any atom is -0.380 e. The molecule has 0 bridgehead atoms. The maximum atomic E-state index is 13.6. The zero-order valence-corrected chi connectivity index (χ0v) is 13.7. The van der Waals surface area contributed by atoms with Gasteiger partial charge in [0, 0.05) is 18.7 Å². The topological polar surface area (TPSA) is 67.4 Å². The molecule has 5 nitrogen and oxygen atoms in total. The first-order chi connectivity index (χ1) is 11.5. The van der Waals surface area contributed by atoms with E-state index in [0.29, 0.717) is 6.61 Å². The molecular weight excluding hydrogens is 335 g/mol. The molecule has 0 saturated carbocycles. The van der Waals surface area contributed by atoms with E-state index < -0.39 is 17.6 Å². The summed E-state index contributed by atoms with van der Waals surface area (Å²) in [4.78, 5) is 23.5. The second kappa shape index (κ2) is 8.42. The van der Waals surface area contributed by atoms with Crippen molar-refractivity contribution in [2.45, 2.75) is 13.2 Å². The highest BCUT2D eigenvalue weighted by Gasteiger charge is 2.15. The van der Waals surface area contributed by atoms with Gasteiger partial charge in [0.05, 0.1) is 12.3 Å². The SMILES string of the molecule is COCc1ccc(CNC(=O)C(=O)Nc2ccc(Cl)cc2F)cc1. The predicted octanol–water partition coefficient (Wildman–Crippen LogP) is 2.88. The summed E-state index contributed by atoms with van der Waals surface area (Å²) in [6.45, 7) is 0.685. The van der Waals surface area contributed by atoms with E-state index in [9.17, 15) is 14.0 Å². The number of anilines is 1. The molecule has 2 rings (SSSR count). The summed E-state index contributed by atoms with van der Waals surface area (Å²) in [5.41, 5.74) is 1.72. The van der Waals surface area contributed by atoms with Crippen molar-refractivity contribution in [1.82, 2.24) is 5.32 Å². The van der Waals surface area contributed by atoms with Gasteiger partial charge >= 0.3 is 11.8 Å². The number of amides is 2. The second-order valence-electron chi connectivity index (χ2n) is 5.01. The molecule has 2 amide bonds. The lowest BCUT2D eigenvalue weighted by Crippen LogP contribution is -2.35. The fourth-order valence-electron chi connectivity index (χ4n) is 1.95. The molecule has 0 saturated heterocycles. The van der Waals surface area contributed by atoms with Crippen LogP contribution in [-0.4, -0.2) is 18.9 Å². The van der Waals surface area contributed by atoms with E-state index in [1.54, 1.807) is 7.11 Å². The maximum Gasteiger partial charge on any atom is 0.313 e. The first-order valence-electron chi connectivity index (χ1n) is 7.10. The second-order valence-corrected chi connectivity index (χ2v) is 5.45. The van der Waals surface area contributed by atoms with Gasteiger partial charge in [-0.15, -0.1) is 0 Å². The van der Waals surface area contributed by atoms with Crippen LogP contribution in [0, 0.1) is 5.82 Å². The highest BCUT2D eigenvalue weighted by atomic mass is 35.5. The summed E-state index contributed by atoms with van der Waals surface area (Å²) in [6.07, 6.45) is 0. The van der Waals surface area contributed by atoms with Crippen LogP contribution in [0.1, 0.15) is 11.1 Å². The fourth-order valence-corrected chi connectivity index (χ4v) is 2.11. The van der Waals surface area contributed by atoms with Crippen molar-refractivity contribution >= 4 is 29.1 Å². The Labute approximate surface area is 143 Å². The van der Waals surface area contributed by atoms with Crippen LogP contribution in [0.4, 0.5) is 10.1 Å². The molecule has 0 fully saturated rings. The van der Waals surface area contributed by atoms with Crippen LogP contribution in [0.5, 0.6) is 0 Å². The van der Waals surface area contributed by atoms with E-state index in [-0.39, 0.29) is 17.3 Å². The lowest BCUT2D eigenvalue weighted by molar-refractivity contribution is -0.136. The summed E-state index contributed by atoms with van der Waals surface area (Å²) in [6, 6.07) is 11.1. The number of carbonyl (C=O) groups excluding carboxylic acids is 2. The van der Waals surface area contributed by atoms with Gasteiger partial charge in [0.1, 0.15) is 5.82 Å². The Morgan fingerprint density at radius 2 is 1.75 bits per heavy atom. The van der Waals surface area contributed by atoms with Gasteiger partial charge in [-0.3, -0.25) is 9.59 Å². The molecule has 0 atom stereocenters. The van der Waals surface area contributed by atoms with Crippen molar-refractivity contribution in [3.63, 3.8) is 0 Å². The number of hydrogen-bond donors (Lipinski definition) is 2. The lowest BCUT2D eigenvalue weighted by Gasteiger charge is -2.08. The Morgan fingerprint density at radius 3 is 2.38 bits per heavy atom. The number of nitrogens with one attached hydrogen (secondary N) is 2. The molecule has 0 aliphatic rings. The predicted molar refractivity (Wildman–Crippen MR) is 89.0 cm³/mol. The fraction of sp³-hybridized carbons (Fsp3) is 0.176. The highest BCUT2D eigenvalue weighted by molar-refractivity contribution is 6.39. The number of benzene rings is 2. The maximum absolute atomic E-state index is 13.6. The van der Waals surface area contributed by atoms with Gasteiger partial charge < -0.3 is 15.4 Å². The van der Waals surface area contributed by atoms with Crippen molar-refractivity contribution in [2.24, 2.45) is 0 Å². The van der Waals surface area contributed by atoms with Crippen LogP contribution >= 0.6 is 11.6 Å². The van der Waals surface area contributed by atoms with E-state index in [0.717, 1.165) is 17.2 Å². The molecule has 24 heavy (non-hydrogen) atoms. The molecule has 2 aromatic rings. The molecule has 0 aliphatic carbocycles. The van der Waals surface area contributed by atoms with Crippen LogP contribution in [0.2, 0.25) is 5.02 Å². The van der Waals surface area contributed by atoms with Crippen LogP contribution < -0.4 is 10.6 Å². The van der Waals surface area contributed by atoms with Crippen LogP contribution in [0.15, 0.2) is 42.5 Å². The molecule has 0 aliphatic heterocycles. The molecule has 0 spiro atoms. The minimum atomic E-state index is -0.952. The van der Waals surface area contributed by atoms with Gasteiger partial charge in [0.25, 0.3) is 0 Å². The van der Waals surface area contributed by atoms with Crippen molar-refractivity contribution < 1.29 is 18.7 Å². The third kappa shape index (κ3) is 5.04. The average Bonchev–Trinajstić information content (AvgIpc) is 2.56. The first-order valence-corrected chi connectivity index (χ1v) is 7.48. The van der Waals surface area contributed by atoms with E-state index >= 15 is 0 Å². The molecule has 126 valence electrons. The summed E-state index contributed by atoms with van der Waals surface area (Å²) in [7, 11) is 1.61. The molecular formula is C17H16ClFN2O3. The Hall–Kier alpha value is -2.44. The van der Waals surface area contributed by atoms with E-state index in [1.807, 2.05) is 24.3 Å². The van der Waals surface area contributed by atoms with E-state index in [2.05, 4.69) is 10.6 Å². The Kier molecular flexibility index (Phi) is 6.28. The zero-order chi connectivity index (χ0) is 17.5. The number of carbonyl (C=O) groups is 2. The molecule has 0 aromatic heterocycles. The molecule has 2 N–H and O–H groups in total. The van der Waals surface area contributed by atoms with Gasteiger partial charge in [-0.05, 0) is 29.3 Å². The monoisotopic (exact) mass is 350 g/mol. The van der Waals surface area contributed by atoms with Crippen LogP contribution in [0.25, 0.3) is 0 Å². The van der Waals surface area contributed by atoms with Crippen LogP contribution in [0.3, 0.4) is 0 Å². The summed E-state index contributed by atoms with van der Waals surface area (Å²) >= 11 is 5.62. The smallest absolute Gasteiger partial charge is 0.313 e. The molecule has 2 aromatic carbocycles. The number of halogens is 2. The molecule has 0 heterocycles. The summed E-state index contributed by atoms with van der Waals surface area (Å²) < 4.78 is 18.6. The quantitative estimate of drug-likeness (QED) is 0.815. The Balaban J connectivity index is 1.88. The van der Waals surface area contributed by atoms with Crippen molar-refractivity contribution in [3.8, 4) is 0 Å². The van der Waals surface area contributed by atoms with E-state index in [4.69, 9.17) is 16.3 Å². The Bertz CT molecular complexity index is 735. The van der Waals surface area contributed by atoms with Gasteiger partial charge in [-0.25, -0.2) is 4.39 Å². The Morgan fingerprint density at radius 1 is 1.08 bits per heavy atom. The standard InChI is InChI=1S/C17H16ClFN2O3/c1-24-10-12-4-2-11(3-5-12)9-20-16(22)17(23)21-15-7-6-13(18)8-14(15)19/h2-8H,9-10H2,1H3,(H,20,22)(H,21,23). The van der Waals surface area contributed by atoms with Crippen LogP contribution in [-0.2, 0) is 27.5 Å². The van der Waals surface area contributed by atoms with E-state index in [1.165, 1.54) is 12.1 Å². The highest BCUT2D eigenvalue weighted by Crippen LogP contribution is 2.18. The number of rotatable bonds is 5. The molecule has 7 heteroatoms. The lowest BCUT2D eigenvalue weighted by atomic mass is 10.1.